The van der Waals surface area contributed by atoms with E-state index in [4.69, 9.17) is 4.74 Å². The van der Waals surface area contributed by atoms with Gasteiger partial charge in [-0.25, -0.2) is 18.2 Å². The number of nitrogens with zero attached hydrogens (tertiary/aromatic N) is 3. The van der Waals surface area contributed by atoms with E-state index in [1.807, 2.05) is 0 Å². The summed E-state index contributed by atoms with van der Waals surface area (Å²) < 4.78 is 44.3. The normalized spacial score (nSPS) is 11.5. The number of halogens is 1. The molecule has 0 radical (unpaired) electrons. The first-order chi connectivity index (χ1) is 16.4. The van der Waals surface area contributed by atoms with Gasteiger partial charge < -0.3 is 10.1 Å². The fraction of sp³-hybridized carbons (Fsp3) is 0.174. The molecule has 1 amide bonds. The van der Waals surface area contributed by atoms with Crippen LogP contribution in [0.15, 0.2) is 76.9 Å². The van der Waals surface area contributed by atoms with E-state index in [0.29, 0.717) is 35.3 Å². The second kappa shape index (κ2) is 9.98. The highest BCUT2D eigenvalue weighted by Crippen LogP contribution is 2.25. The lowest BCUT2D eigenvalue weighted by Gasteiger charge is -2.12. The van der Waals surface area contributed by atoms with Gasteiger partial charge in [-0.1, -0.05) is 6.07 Å². The number of rotatable bonds is 9. The van der Waals surface area contributed by atoms with E-state index < -0.39 is 21.6 Å². The third-order valence-corrected chi connectivity index (χ3v) is 6.82. The Morgan fingerprint density at radius 3 is 2.74 bits per heavy atom. The molecule has 2 aromatic heterocycles. The number of nitrogens with one attached hydrogen (secondary N) is 2. The molecule has 4 rings (SSSR count). The summed E-state index contributed by atoms with van der Waals surface area (Å²) in [4.78, 5) is 18.1. The predicted molar refractivity (Wildman–Crippen MR) is 124 cm³/mol. The molecule has 0 unspecified atom stereocenters. The van der Waals surface area contributed by atoms with Crippen LogP contribution >= 0.6 is 0 Å². The summed E-state index contributed by atoms with van der Waals surface area (Å²) in [6.45, 7) is 1.19. The van der Waals surface area contributed by atoms with Crippen molar-refractivity contribution in [2.24, 2.45) is 0 Å². The van der Waals surface area contributed by atoms with Gasteiger partial charge in [0.15, 0.2) is 0 Å². The Labute approximate surface area is 195 Å². The lowest BCUT2D eigenvalue weighted by Crippen LogP contribution is -2.25. The van der Waals surface area contributed by atoms with Crippen LogP contribution in [0.1, 0.15) is 16.8 Å². The maximum atomic E-state index is 13.5. The first-order valence-corrected chi connectivity index (χ1v) is 11.8. The number of aromatic nitrogens is 3. The number of anilines is 1. The van der Waals surface area contributed by atoms with Gasteiger partial charge in [0.1, 0.15) is 5.82 Å². The van der Waals surface area contributed by atoms with Gasteiger partial charge in [0.2, 0.25) is 9.84 Å². The molecule has 2 heterocycles. The van der Waals surface area contributed by atoms with Crippen LogP contribution in [0.25, 0.3) is 10.9 Å². The number of benzene rings is 2. The SMILES string of the molecule is COCCCNc1cnccc1C(=O)Nn1ncc2cc(S(=O)(=O)c3cccc(F)c3)ccc21. The number of carbonyl (C=O) groups is 1. The number of carbonyl (C=O) groups excluding carboxylic acids is 1. The maximum Gasteiger partial charge on any atom is 0.273 e. The Morgan fingerprint density at radius 1 is 1.12 bits per heavy atom. The number of pyridine rings is 1. The first-order valence-electron chi connectivity index (χ1n) is 10.4. The van der Waals surface area contributed by atoms with Gasteiger partial charge in [0.25, 0.3) is 5.91 Å². The van der Waals surface area contributed by atoms with Crippen molar-refractivity contribution in [1.29, 1.82) is 0 Å². The van der Waals surface area contributed by atoms with Crippen molar-refractivity contribution in [3.63, 3.8) is 0 Å². The van der Waals surface area contributed by atoms with E-state index in [-0.39, 0.29) is 9.79 Å². The number of ether oxygens (including phenoxy) is 1. The lowest BCUT2D eigenvalue weighted by atomic mass is 10.2. The largest absolute Gasteiger partial charge is 0.385 e. The molecular weight excluding hydrogens is 461 g/mol. The molecule has 2 N–H and O–H groups in total. The molecule has 9 nitrogen and oxygen atoms in total. The van der Waals surface area contributed by atoms with E-state index in [1.165, 1.54) is 53.6 Å². The van der Waals surface area contributed by atoms with Gasteiger partial charge in [-0.15, -0.1) is 0 Å². The Balaban J connectivity index is 1.56. The van der Waals surface area contributed by atoms with Crippen molar-refractivity contribution in [3.8, 4) is 0 Å². The fourth-order valence-corrected chi connectivity index (χ4v) is 4.69. The molecule has 0 aliphatic carbocycles. The molecule has 0 fully saturated rings. The average molecular weight is 484 g/mol. The van der Waals surface area contributed by atoms with Gasteiger partial charge in [-0.3, -0.25) is 9.78 Å². The topological polar surface area (TPSA) is 115 Å². The Bertz CT molecular complexity index is 1440. The average Bonchev–Trinajstić information content (AvgIpc) is 3.24. The number of methoxy groups -OCH3 is 1. The van der Waals surface area contributed by atoms with Crippen molar-refractivity contribution in [1.82, 2.24) is 14.9 Å². The minimum absolute atomic E-state index is 0.00634. The van der Waals surface area contributed by atoms with Gasteiger partial charge >= 0.3 is 0 Å². The fourth-order valence-electron chi connectivity index (χ4n) is 3.37. The van der Waals surface area contributed by atoms with Crippen LogP contribution in [-0.4, -0.2) is 49.5 Å². The number of hydrogen-bond donors (Lipinski definition) is 2. The lowest BCUT2D eigenvalue weighted by molar-refractivity contribution is 0.101. The van der Waals surface area contributed by atoms with Crippen LogP contribution in [0.5, 0.6) is 0 Å². The molecule has 176 valence electrons. The third-order valence-electron chi connectivity index (χ3n) is 5.07. The molecule has 2 aromatic carbocycles. The third kappa shape index (κ3) is 4.90. The number of fused-ring (bicyclic) bond motifs is 1. The van der Waals surface area contributed by atoms with Gasteiger partial charge in [0.05, 0.1) is 39.0 Å². The van der Waals surface area contributed by atoms with Crippen molar-refractivity contribution in [3.05, 3.63) is 78.5 Å². The van der Waals surface area contributed by atoms with Crippen LogP contribution in [-0.2, 0) is 14.6 Å². The quantitative estimate of drug-likeness (QED) is 0.351. The molecule has 0 saturated heterocycles. The standard InChI is InChI=1S/C23H22FN5O4S/c1-33-11-3-9-26-21-15-25-10-8-20(21)23(30)28-29-22-7-6-19(12-16(22)14-27-29)34(31,32)18-5-2-4-17(24)13-18/h2,4-8,10,12-15,26H,3,9,11H2,1H3,(H,28,30). The molecule has 0 aliphatic rings. The second-order valence-corrected chi connectivity index (χ2v) is 9.32. The molecule has 0 aliphatic heterocycles. The van der Waals surface area contributed by atoms with Crippen LogP contribution in [0.4, 0.5) is 10.1 Å². The van der Waals surface area contributed by atoms with Crippen molar-refractivity contribution in [2.45, 2.75) is 16.2 Å². The summed E-state index contributed by atoms with van der Waals surface area (Å²) >= 11 is 0. The molecule has 11 heteroatoms. The zero-order valence-corrected chi connectivity index (χ0v) is 19.0. The summed E-state index contributed by atoms with van der Waals surface area (Å²) in [6, 6.07) is 10.8. The second-order valence-electron chi connectivity index (χ2n) is 7.37. The number of hydrogen-bond acceptors (Lipinski definition) is 7. The van der Waals surface area contributed by atoms with E-state index in [0.717, 1.165) is 12.5 Å². The van der Waals surface area contributed by atoms with Gasteiger partial charge in [-0.2, -0.15) is 9.89 Å². The predicted octanol–water partition coefficient (Wildman–Crippen LogP) is 3.24. The van der Waals surface area contributed by atoms with E-state index in [9.17, 15) is 17.6 Å². The molecule has 4 aromatic rings. The highest BCUT2D eigenvalue weighted by Gasteiger charge is 2.20. The first kappa shape index (κ1) is 23.3. The maximum absolute atomic E-state index is 13.5. The monoisotopic (exact) mass is 483 g/mol. The minimum Gasteiger partial charge on any atom is -0.385 e. The molecule has 0 spiro atoms. The molecule has 0 saturated carbocycles. The van der Waals surface area contributed by atoms with E-state index >= 15 is 0 Å². The van der Waals surface area contributed by atoms with Crippen LogP contribution in [0, 0.1) is 5.82 Å². The van der Waals surface area contributed by atoms with Crippen LogP contribution < -0.4 is 10.7 Å². The molecule has 0 bridgehead atoms. The summed E-state index contributed by atoms with van der Waals surface area (Å²) in [6.07, 6.45) is 5.28. The summed E-state index contributed by atoms with van der Waals surface area (Å²) in [5, 5.41) is 7.82. The van der Waals surface area contributed by atoms with Crippen molar-refractivity contribution in [2.75, 3.05) is 31.0 Å². The van der Waals surface area contributed by atoms with Crippen LogP contribution in [0.2, 0.25) is 0 Å². The van der Waals surface area contributed by atoms with E-state index in [1.54, 1.807) is 19.4 Å². The Kier molecular flexibility index (Phi) is 6.85. The van der Waals surface area contributed by atoms with Gasteiger partial charge in [0, 0.05) is 31.8 Å². The van der Waals surface area contributed by atoms with Gasteiger partial charge in [-0.05, 0) is 48.9 Å². The summed E-state index contributed by atoms with van der Waals surface area (Å²) in [5.41, 5.74) is 4.13. The zero-order chi connectivity index (χ0) is 24.1. The Morgan fingerprint density at radius 2 is 1.94 bits per heavy atom. The van der Waals surface area contributed by atoms with Crippen molar-refractivity contribution < 1.29 is 22.3 Å². The highest BCUT2D eigenvalue weighted by atomic mass is 32.2. The summed E-state index contributed by atoms with van der Waals surface area (Å²) in [5.74, 6) is -1.06. The minimum atomic E-state index is -3.92. The smallest absolute Gasteiger partial charge is 0.273 e. The van der Waals surface area contributed by atoms with Crippen molar-refractivity contribution >= 4 is 32.3 Å². The van der Waals surface area contributed by atoms with E-state index in [2.05, 4.69) is 20.8 Å². The number of sulfone groups is 1. The number of amides is 1. The highest BCUT2D eigenvalue weighted by molar-refractivity contribution is 7.91. The Hall–Kier alpha value is -3.83. The molecular formula is C23H22FN5O4S. The summed E-state index contributed by atoms with van der Waals surface area (Å²) in [7, 11) is -2.29. The zero-order valence-electron chi connectivity index (χ0n) is 18.2. The molecule has 34 heavy (non-hydrogen) atoms. The molecule has 0 atom stereocenters. The van der Waals surface area contributed by atoms with Crippen LogP contribution in [0.3, 0.4) is 0 Å².